The highest BCUT2D eigenvalue weighted by molar-refractivity contribution is 7.89. The summed E-state index contributed by atoms with van der Waals surface area (Å²) in [6.07, 6.45) is 2.78. The van der Waals surface area contributed by atoms with E-state index in [2.05, 4.69) is 32.8 Å². The fourth-order valence-corrected chi connectivity index (χ4v) is 4.49. The minimum atomic E-state index is -3.34. The van der Waals surface area contributed by atoms with Crippen molar-refractivity contribution in [2.45, 2.75) is 44.0 Å². The molecule has 5 heteroatoms. The van der Waals surface area contributed by atoms with Crippen LogP contribution in [0.15, 0.2) is 29.2 Å². The second-order valence-corrected chi connectivity index (χ2v) is 8.78. The summed E-state index contributed by atoms with van der Waals surface area (Å²) in [6.45, 7) is 5.55. The number of nitrogens with zero attached hydrogens (tertiary/aromatic N) is 2. The van der Waals surface area contributed by atoms with Crippen molar-refractivity contribution in [1.29, 1.82) is 0 Å². The molecule has 0 unspecified atom stereocenters. The van der Waals surface area contributed by atoms with Crippen LogP contribution in [0.25, 0.3) is 0 Å². The maximum Gasteiger partial charge on any atom is 0.243 e. The van der Waals surface area contributed by atoms with E-state index in [0.717, 1.165) is 19.3 Å². The first-order chi connectivity index (χ1) is 10.3. The van der Waals surface area contributed by atoms with Gasteiger partial charge in [-0.1, -0.05) is 26.0 Å². The Kier molecular flexibility index (Phi) is 5.64. The van der Waals surface area contributed by atoms with Crippen molar-refractivity contribution in [1.82, 2.24) is 9.21 Å². The molecular formula is C17H28N2O2S. The van der Waals surface area contributed by atoms with Crippen LogP contribution in [0.2, 0.25) is 0 Å². The lowest BCUT2D eigenvalue weighted by Gasteiger charge is -2.34. The zero-order chi connectivity index (χ0) is 16.3. The SMILES string of the molecule is CC(C)Cc1ccc(S(=O)(=O)N2CCC(N(C)C)CC2)cc1. The fourth-order valence-electron chi connectivity index (χ4n) is 3.02. The van der Waals surface area contributed by atoms with E-state index in [1.54, 1.807) is 16.4 Å². The van der Waals surface area contributed by atoms with Crippen LogP contribution < -0.4 is 0 Å². The number of hydrogen-bond acceptors (Lipinski definition) is 3. The van der Waals surface area contributed by atoms with Crippen molar-refractivity contribution in [2.24, 2.45) is 5.92 Å². The summed E-state index contributed by atoms with van der Waals surface area (Å²) in [6, 6.07) is 7.88. The highest BCUT2D eigenvalue weighted by Crippen LogP contribution is 2.23. The Balaban J connectivity index is 2.07. The summed E-state index contributed by atoms with van der Waals surface area (Å²) in [5, 5.41) is 0. The molecule has 4 nitrogen and oxygen atoms in total. The fraction of sp³-hybridized carbons (Fsp3) is 0.647. The van der Waals surface area contributed by atoms with E-state index in [9.17, 15) is 8.42 Å². The van der Waals surface area contributed by atoms with E-state index in [1.807, 2.05) is 12.1 Å². The molecule has 1 fully saturated rings. The molecular weight excluding hydrogens is 296 g/mol. The Morgan fingerprint density at radius 2 is 1.68 bits per heavy atom. The number of hydrogen-bond donors (Lipinski definition) is 0. The van der Waals surface area contributed by atoms with Crippen molar-refractivity contribution in [3.8, 4) is 0 Å². The summed E-state index contributed by atoms with van der Waals surface area (Å²) in [5.74, 6) is 0.576. The molecule has 0 amide bonds. The molecule has 2 rings (SSSR count). The van der Waals surface area contributed by atoms with Gasteiger partial charge in [0.2, 0.25) is 10.0 Å². The highest BCUT2D eigenvalue weighted by Gasteiger charge is 2.29. The Morgan fingerprint density at radius 3 is 2.14 bits per heavy atom. The van der Waals surface area contributed by atoms with Crippen molar-refractivity contribution in [2.75, 3.05) is 27.2 Å². The molecule has 1 aliphatic heterocycles. The van der Waals surface area contributed by atoms with Gasteiger partial charge in [0.15, 0.2) is 0 Å². The Hall–Kier alpha value is -0.910. The van der Waals surface area contributed by atoms with Gasteiger partial charge in [0.1, 0.15) is 0 Å². The topological polar surface area (TPSA) is 40.6 Å². The van der Waals surface area contributed by atoms with Crippen molar-refractivity contribution < 1.29 is 8.42 Å². The normalized spacial score (nSPS) is 18.3. The largest absolute Gasteiger partial charge is 0.306 e. The van der Waals surface area contributed by atoms with E-state index < -0.39 is 10.0 Å². The molecule has 0 radical (unpaired) electrons. The van der Waals surface area contributed by atoms with Crippen molar-refractivity contribution in [3.63, 3.8) is 0 Å². The van der Waals surface area contributed by atoms with Gasteiger partial charge >= 0.3 is 0 Å². The molecule has 0 atom stereocenters. The summed E-state index contributed by atoms with van der Waals surface area (Å²) < 4.78 is 27.0. The number of benzene rings is 1. The standard InChI is InChI=1S/C17H28N2O2S/c1-14(2)13-15-5-7-17(8-6-15)22(20,21)19-11-9-16(10-12-19)18(3)4/h5-8,14,16H,9-13H2,1-4H3. The molecule has 124 valence electrons. The van der Waals surface area contributed by atoms with E-state index in [-0.39, 0.29) is 0 Å². The maximum atomic E-state index is 12.7. The van der Waals surface area contributed by atoms with Gasteiger partial charge in [-0.3, -0.25) is 0 Å². The molecule has 0 aliphatic carbocycles. The van der Waals surface area contributed by atoms with Crippen LogP contribution in [0.5, 0.6) is 0 Å². The van der Waals surface area contributed by atoms with Gasteiger partial charge in [0, 0.05) is 19.1 Å². The predicted molar refractivity (Wildman–Crippen MR) is 90.5 cm³/mol. The van der Waals surface area contributed by atoms with Crippen LogP contribution in [0.4, 0.5) is 0 Å². The molecule has 1 aromatic rings. The Morgan fingerprint density at radius 1 is 1.14 bits per heavy atom. The van der Waals surface area contributed by atoms with Gasteiger partial charge in [-0.2, -0.15) is 4.31 Å². The summed E-state index contributed by atoms with van der Waals surface area (Å²) >= 11 is 0. The van der Waals surface area contributed by atoms with Gasteiger partial charge in [0.05, 0.1) is 4.90 Å². The molecule has 0 bridgehead atoms. The average Bonchev–Trinajstić information content (AvgIpc) is 2.47. The highest BCUT2D eigenvalue weighted by atomic mass is 32.2. The van der Waals surface area contributed by atoms with E-state index in [0.29, 0.717) is 29.9 Å². The summed E-state index contributed by atoms with van der Waals surface area (Å²) in [7, 11) is 0.774. The van der Waals surface area contributed by atoms with Crippen LogP contribution in [-0.2, 0) is 16.4 Å². The third-order valence-electron chi connectivity index (χ3n) is 4.36. The van der Waals surface area contributed by atoms with Crippen LogP contribution in [0.1, 0.15) is 32.3 Å². The quantitative estimate of drug-likeness (QED) is 0.836. The van der Waals surface area contributed by atoms with Gasteiger partial charge in [-0.15, -0.1) is 0 Å². The van der Waals surface area contributed by atoms with E-state index in [4.69, 9.17) is 0 Å². The minimum absolute atomic E-state index is 0.420. The lowest BCUT2D eigenvalue weighted by Crippen LogP contribution is -2.44. The number of rotatable bonds is 5. The molecule has 1 aliphatic rings. The molecule has 1 saturated heterocycles. The lowest BCUT2D eigenvalue weighted by molar-refractivity contribution is 0.196. The Labute approximate surface area is 135 Å². The molecule has 0 saturated carbocycles. The summed E-state index contributed by atoms with van der Waals surface area (Å²) in [4.78, 5) is 2.60. The molecule has 1 aromatic carbocycles. The molecule has 22 heavy (non-hydrogen) atoms. The van der Waals surface area contributed by atoms with Gasteiger partial charge in [-0.25, -0.2) is 8.42 Å². The Bertz CT molecular complexity index is 571. The maximum absolute atomic E-state index is 12.7. The third kappa shape index (κ3) is 4.09. The van der Waals surface area contributed by atoms with E-state index >= 15 is 0 Å². The first-order valence-electron chi connectivity index (χ1n) is 8.06. The van der Waals surface area contributed by atoms with E-state index in [1.165, 1.54) is 5.56 Å². The molecule has 1 heterocycles. The molecule has 0 aromatic heterocycles. The molecule has 0 N–H and O–H groups in total. The minimum Gasteiger partial charge on any atom is -0.306 e. The van der Waals surface area contributed by atoms with Gasteiger partial charge < -0.3 is 4.90 Å². The first kappa shape index (κ1) is 17.4. The molecule has 0 spiro atoms. The van der Waals surface area contributed by atoms with Crippen LogP contribution in [0, 0.1) is 5.92 Å². The van der Waals surface area contributed by atoms with Gasteiger partial charge in [0.25, 0.3) is 0 Å². The average molecular weight is 324 g/mol. The van der Waals surface area contributed by atoms with Crippen LogP contribution >= 0.6 is 0 Å². The van der Waals surface area contributed by atoms with Crippen LogP contribution in [0.3, 0.4) is 0 Å². The number of piperidine rings is 1. The lowest BCUT2D eigenvalue weighted by atomic mass is 10.0. The number of sulfonamides is 1. The first-order valence-corrected chi connectivity index (χ1v) is 9.50. The van der Waals surface area contributed by atoms with Gasteiger partial charge in [-0.05, 0) is 57.0 Å². The second-order valence-electron chi connectivity index (χ2n) is 6.84. The van der Waals surface area contributed by atoms with Crippen molar-refractivity contribution >= 4 is 10.0 Å². The smallest absolute Gasteiger partial charge is 0.243 e. The zero-order valence-electron chi connectivity index (χ0n) is 14.1. The van der Waals surface area contributed by atoms with Crippen molar-refractivity contribution in [3.05, 3.63) is 29.8 Å². The third-order valence-corrected chi connectivity index (χ3v) is 6.27. The van der Waals surface area contributed by atoms with Crippen LogP contribution in [-0.4, -0.2) is 50.8 Å². The monoisotopic (exact) mass is 324 g/mol. The summed E-state index contributed by atoms with van der Waals surface area (Å²) in [5.41, 5.74) is 1.19. The predicted octanol–water partition coefficient (Wildman–Crippen LogP) is 2.60. The second kappa shape index (κ2) is 7.11. The zero-order valence-corrected chi connectivity index (χ0v) is 14.9.